The number of hydrogen-bond donors (Lipinski definition) is 2. The second-order valence-electron chi connectivity index (χ2n) is 5.70. The molecule has 5 heteroatoms. The fraction of sp³-hybridized carbons (Fsp3) is 0.588. The third kappa shape index (κ3) is 8.90. The Balaban J connectivity index is 0.00000441. The number of carbonyl (C=O) groups excluding carboxylic acids is 1. The molecule has 1 aromatic carbocycles. The third-order valence-electron chi connectivity index (χ3n) is 3.47. The number of halogens is 1. The van der Waals surface area contributed by atoms with Gasteiger partial charge in [-0.05, 0) is 45.6 Å². The van der Waals surface area contributed by atoms with Crippen molar-refractivity contribution in [3.63, 3.8) is 0 Å². The first-order valence-electron chi connectivity index (χ1n) is 7.82. The lowest BCUT2D eigenvalue weighted by molar-refractivity contribution is 0.0950. The molecule has 0 aromatic heterocycles. The number of para-hydroxylation sites is 1. The fourth-order valence-corrected chi connectivity index (χ4v) is 2.22. The van der Waals surface area contributed by atoms with Gasteiger partial charge in [0.25, 0.3) is 5.91 Å². The molecule has 0 heterocycles. The molecular weight excluding hydrogens is 300 g/mol. The zero-order valence-electron chi connectivity index (χ0n) is 13.7. The summed E-state index contributed by atoms with van der Waals surface area (Å²) in [4.78, 5) is 14.0. The van der Waals surface area contributed by atoms with Crippen molar-refractivity contribution in [2.24, 2.45) is 0 Å². The quantitative estimate of drug-likeness (QED) is 0.647. The van der Waals surface area contributed by atoms with Gasteiger partial charge in [-0.1, -0.05) is 37.8 Å². The number of carbonyl (C=O) groups is 1. The highest BCUT2D eigenvalue weighted by Gasteiger charge is 2.08. The van der Waals surface area contributed by atoms with Gasteiger partial charge in [-0.2, -0.15) is 0 Å². The van der Waals surface area contributed by atoms with Crippen LogP contribution < -0.4 is 5.32 Å². The van der Waals surface area contributed by atoms with E-state index in [0.717, 1.165) is 19.4 Å². The largest absolute Gasteiger partial charge is 0.507 e. The van der Waals surface area contributed by atoms with Gasteiger partial charge in [-0.25, -0.2) is 0 Å². The summed E-state index contributed by atoms with van der Waals surface area (Å²) >= 11 is 0. The van der Waals surface area contributed by atoms with Crippen LogP contribution in [0.2, 0.25) is 0 Å². The molecule has 0 fully saturated rings. The Morgan fingerprint density at radius 3 is 2.27 bits per heavy atom. The number of phenolic OH excluding ortho intramolecular Hbond substituents is 1. The maximum atomic E-state index is 11.8. The molecular formula is C17H29ClN2O2. The molecule has 0 saturated heterocycles. The number of nitrogens with one attached hydrogen (secondary N) is 1. The van der Waals surface area contributed by atoms with Crippen molar-refractivity contribution < 1.29 is 9.90 Å². The number of benzene rings is 1. The van der Waals surface area contributed by atoms with Gasteiger partial charge in [0.1, 0.15) is 5.75 Å². The van der Waals surface area contributed by atoms with E-state index >= 15 is 0 Å². The van der Waals surface area contributed by atoms with Gasteiger partial charge in [0.05, 0.1) is 5.56 Å². The van der Waals surface area contributed by atoms with Crippen LogP contribution in [0.15, 0.2) is 24.3 Å². The van der Waals surface area contributed by atoms with Crippen molar-refractivity contribution in [3.05, 3.63) is 29.8 Å². The van der Waals surface area contributed by atoms with Crippen LogP contribution in [0.4, 0.5) is 0 Å². The summed E-state index contributed by atoms with van der Waals surface area (Å²) in [6.07, 6.45) is 7.16. The predicted octanol–water partition coefficient (Wildman–Crippen LogP) is 3.45. The minimum absolute atomic E-state index is 0. The second kappa shape index (κ2) is 12.3. The van der Waals surface area contributed by atoms with E-state index in [1.54, 1.807) is 18.2 Å². The Morgan fingerprint density at radius 1 is 1.05 bits per heavy atom. The number of rotatable bonds is 10. The molecule has 0 unspecified atom stereocenters. The zero-order chi connectivity index (χ0) is 15.5. The van der Waals surface area contributed by atoms with Gasteiger partial charge in [0.15, 0.2) is 0 Å². The monoisotopic (exact) mass is 328 g/mol. The molecule has 4 nitrogen and oxygen atoms in total. The topological polar surface area (TPSA) is 52.6 Å². The van der Waals surface area contributed by atoms with Crippen LogP contribution in [0.25, 0.3) is 0 Å². The molecule has 2 N–H and O–H groups in total. The first-order valence-corrected chi connectivity index (χ1v) is 7.82. The van der Waals surface area contributed by atoms with Crippen LogP contribution >= 0.6 is 12.4 Å². The molecule has 0 radical (unpaired) electrons. The van der Waals surface area contributed by atoms with E-state index in [2.05, 4.69) is 24.3 Å². The van der Waals surface area contributed by atoms with Gasteiger partial charge in [-0.3, -0.25) is 4.79 Å². The van der Waals surface area contributed by atoms with E-state index < -0.39 is 0 Å². The van der Waals surface area contributed by atoms with Crippen molar-refractivity contribution in [1.29, 1.82) is 0 Å². The first kappa shape index (κ1) is 20.7. The Bertz CT molecular complexity index is 425. The molecule has 0 saturated carbocycles. The number of nitrogens with zero attached hydrogens (tertiary/aromatic N) is 1. The lowest BCUT2D eigenvalue weighted by Gasteiger charge is -2.09. The van der Waals surface area contributed by atoms with Crippen LogP contribution in [-0.4, -0.2) is 43.1 Å². The molecule has 0 aliphatic carbocycles. The first-order chi connectivity index (χ1) is 10.1. The summed E-state index contributed by atoms with van der Waals surface area (Å²) < 4.78 is 0. The smallest absolute Gasteiger partial charge is 0.255 e. The summed E-state index contributed by atoms with van der Waals surface area (Å²) in [6, 6.07) is 6.63. The number of unbranched alkanes of at least 4 members (excludes halogenated alkanes) is 5. The molecule has 1 rings (SSSR count). The molecule has 0 aliphatic rings. The maximum absolute atomic E-state index is 11.8. The summed E-state index contributed by atoms with van der Waals surface area (Å²) in [5.41, 5.74) is 0.348. The molecule has 1 amide bonds. The third-order valence-corrected chi connectivity index (χ3v) is 3.47. The van der Waals surface area contributed by atoms with E-state index in [0.29, 0.717) is 12.1 Å². The van der Waals surface area contributed by atoms with Crippen LogP contribution in [0.1, 0.15) is 48.9 Å². The highest BCUT2D eigenvalue weighted by atomic mass is 35.5. The second-order valence-corrected chi connectivity index (χ2v) is 5.70. The number of hydrogen-bond acceptors (Lipinski definition) is 3. The predicted molar refractivity (Wildman–Crippen MR) is 93.9 cm³/mol. The lowest BCUT2D eigenvalue weighted by Crippen LogP contribution is -2.24. The lowest BCUT2D eigenvalue weighted by atomic mass is 10.1. The minimum atomic E-state index is -0.195. The Kier molecular flexibility index (Phi) is 11.6. The molecule has 1 aromatic rings. The molecule has 22 heavy (non-hydrogen) atoms. The van der Waals surface area contributed by atoms with E-state index in [4.69, 9.17) is 0 Å². The molecule has 126 valence electrons. The molecule has 0 atom stereocenters. The average Bonchev–Trinajstić information content (AvgIpc) is 2.45. The van der Waals surface area contributed by atoms with Crippen molar-refractivity contribution in [2.75, 3.05) is 27.2 Å². The van der Waals surface area contributed by atoms with Crippen LogP contribution in [0.3, 0.4) is 0 Å². The minimum Gasteiger partial charge on any atom is -0.507 e. The van der Waals surface area contributed by atoms with E-state index in [9.17, 15) is 9.90 Å². The highest BCUT2D eigenvalue weighted by Crippen LogP contribution is 2.15. The highest BCUT2D eigenvalue weighted by molar-refractivity contribution is 5.96. The summed E-state index contributed by atoms with van der Waals surface area (Å²) in [6.45, 7) is 1.83. The number of aromatic hydroxyl groups is 1. The zero-order valence-corrected chi connectivity index (χ0v) is 14.5. The van der Waals surface area contributed by atoms with E-state index in [-0.39, 0.29) is 24.1 Å². The van der Waals surface area contributed by atoms with Gasteiger partial charge in [0, 0.05) is 6.54 Å². The van der Waals surface area contributed by atoms with Crippen molar-refractivity contribution in [3.8, 4) is 5.75 Å². The normalized spacial score (nSPS) is 10.3. The van der Waals surface area contributed by atoms with Crippen LogP contribution in [-0.2, 0) is 0 Å². The molecule has 0 aliphatic heterocycles. The average molecular weight is 329 g/mol. The van der Waals surface area contributed by atoms with Gasteiger partial charge in [0.2, 0.25) is 0 Å². The fourth-order valence-electron chi connectivity index (χ4n) is 2.22. The summed E-state index contributed by atoms with van der Waals surface area (Å²) in [7, 11) is 4.21. The van der Waals surface area contributed by atoms with Crippen molar-refractivity contribution >= 4 is 18.3 Å². The van der Waals surface area contributed by atoms with E-state index in [1.807, 2.05) is 0 Å². The number of amides is 1. The Hall–Kier alpha value is -1.26. The van der Waals surface area contributed by atoms with Crippen molar-refractivity contribution in [1.82, 2.24) is 10.2 Å². The van der Waals surface area contributed by atoms with E-state index in [1.165, 1.54) is 31.7 Å². The van der Waals surface area contributed by atoms with Crippen LogP contribution in [0, 0.1) is 0 Å². The summed E-state index contributed by atoms with van der Waals surface area (Å²) in [5.74, 6) is -0.157. The summed E-state index contributed by atoms with van der Waals surface area (Å²) in [5, 5.41) is 12.4. The Labute approximate surface area is 140 Å². The van der Waals surface area contributed by atoms with Crippen LogP contribution in [0.5, 0.6) is 5.75 Å². The maximum Gasteiger partial charge on any atom is 0.255 e. The van der Waals surface area contributed by atoms with Gasteiger partial charge in [-0.15, -0.1) is 12.4 Å². The number of phenols is 1. The standard InChI is InChI=1S/C17H28N2O2.ClH/c1-19(2)14-10-6-4-3-5-9-13-18-17(21)15-11-7-8-12-16(15)20;/h7-8,11-12,20H,3-6,9-10,13-14H2,1-2H3,(H,18,21);1H. The Morgan fingerprint density at radius 2 is 1.64 bits per heavy atom. The SMILES string of the molecule is CN(C)CCCCCCCCNC(=O)c1ccccc1O.Cl. The molecule has 0 bridgehead atoms. The van der Waals surface area contributed by atoms with Gasteiger partial charge < -0.3 is 15.3 Å². The molecule has 0 spiro atoms. The van der Waals surface area contributed by atoms with Crippen molar-refractivity contribution in [2.45, 2.75) is 38.5 Å². The van der Waals surface area contributed by atoms with Gasteiger partial charge >= 0.3 is 0 Å².